The lowest BCUT2D eigenvalue weighted by Gasteiger charge is -2.12. The van der Waals surface area contributed by atoms with Crippen LogP contribution in [-0.2, 0) is 16.7 Å². The van der Waals surface area contributed by atoms with Gasteiger partial charge in [-0.1, -0.05) is 18.2 Å². The molecule has 1 aromatic carbocycles. The van der Waals surface area contributed by atoms with Crippen LogP contribution < -0.4 is 9.74 Å². The van der Waals surface area contributed by atoms with E-state index in [0.717, 1.165) is 6.26 Å². The smallest absolute Gasteiger partial charge is 0.306 e. The number of aliphatic hydroxyl groups is 1. The summed E-state index contributed by atoms with van der Waals surface area (Å²) >= 11 is 0. The lowest BCUT2D eigenvalue weighted by Crippen LogP contribution is -2.24. The van der Waals surface area contributed by atoms with Gasteiger partial charge in [-0.25, -0.2) is 0 Å². The number of nitrogens with zero attached hydrogens (tertiary/aromatic N) is 1. The minimum atomic E-state index is -3.77. The second kappa shape index (κ2) is 5.64. The number of aromatic nitrogens is 1. The topological polar surface area (TPSA) is 85.6 Å². The Labute approximate surface area is 116 Å². The molecule has 0 spiro atoms. The van der Waals surface area contributed by atoms with Crippen molar-refractivity contribution in [2.24, 2.45) is 0 Å². The third kappa shape index (κ3) is 3.17. The van der Waals surface area contributed by atoms with Crippen molar-refractivity contribution >= 4 is 21.0 Å². The molecule has 0 saturated heterocycles. The van der Waals surface area contributed by atoms with Gasteiger partial charge in [0.25, 0.3) is 5.56 Å². The molecule has 0 fully saturated rings. The van der Waals surface area contributed by atoms with E-state index in [-0.39, 0.29) is 18.9 Å². The Morgan fingerprint density at radius 2 is 2.00 bits per heavy atom. The molecule has 0 saturated carbocycles. The third-order valence-electron chi connectivity index (χ3n) is 2.75. The number of fused-ring (bicyclic) bond motifs is 1. The molecule has 0 bridgehead atoms. The van der Waals surface area contributed by atoms with E-state index >= 15 is 0 Å². The van der Waals surface area contributed by atoms with E-state index < -0.39 is 15.7 Å². The van der Waals surface area contributed by atoms with Crippen LogP contribution in [0.25, 0.3) is 10.9 Å². The first-order chi connectivity index (χ1) is 9.42. The summed E-state index contributed by atoms with van der Waals surface area (Å²) in [6.45, 7) is 0.231. The van der Waals surface area contributed by atoms with Crippen LogP contribution in [0.2, 0.25) is 0 Å². The Kier molecular flexibility index (Phi) is 4.10. The van der Waals surface area contributed by atoms with Crippen LogP contribution in [0, 0.1) is 0 Å². The number of para-hydroxylation sites is 1. The molecule has 6 nitrogen and oxygen atoms in total. The standard InChI is InChI=1S/C13H15NO5S/c1-20(17,18)19-12-9-10-5-2-3-6-11(10)14(13(12)16)7-4-8-15/h2-3,5-6,9,15H,4,7-8H2,1H3. The highest BCUT2D eigenvalue weighted by Gasteiger charge is 2.14. The molecule has 1 N–H and O–H groups in total. The van der Waals surface area contributed by atoms with Gasteiger partial charge in [-0.05, 0) is 18.6 Å². The minimum Gasteiger partial charge on any atom is -0.396 e. The Balaban J connectivity index is 2.66. The molecule has 2 rings (SSSR count). The summed E-state index contributed by atoms with van der Waals surface area (Å²) in [6, 6.07) is 8.51. The number of pyridine rings is 1. The van der Waals surface area contributed by atoms with E-state index in [1.807, 2.05) is 0 Å². The van der Waals surface area contributed by atoms with Gasteiger partial charge >= 0.3 is 10.1 Å². The molecular formula is C13H15NO5S. The highest BCUT2D eigenvalue weighted by Crippen LogP contribution is 2.18. The van der Waals surface area contributed by atoms with Crippen molar-refractivity contribution in [1.29, 1.82) is 0 Å². The predicted octanol–water partition coefficient (Wildman–Crippen LogP) is 0.722. The maximum absolute atomic E-state index is 12.3. The second-order valence-corrected chi connectivity index (χ2v) is 5.96. The fourth-order valence-electron chi connectivity index (χ4n) is 1.97. The average Bonchev–Trinajstić information content (AvgIpc) is 2.37. The largest absolute Gasteiger partial charge is 0.396 e. The molecule has 0 aliphatic heterocycles. The zero-order chi connectivity index (χ0) is 14.8. The molecule has 1 heterocycles. The number of aryl methyl sites for hydroxylation is 1. The first-order valence-corrected chi connectivity index (χ1v) is 7.87. The Morgan fingerprint density at radius 1 is 1.30 bits per heavy atom. The molecule has 0 amide bonds. The minimum absolute atomic E-state index is 0.0576. The number of hydrogen-bond acceptors (Lipinski definition) is 5. The second-order valence-electron chi connectivity index (χ2n) is 4.39. The SMILES string of the molecule is CS(=O)(=O)Oc1cc2ccccc2n(CCCO)c1=O. The maximum atomic E-state index is 12.3. The zero-order valence-corrected chi connectivity index (χ0v) is 11.8. The van der Waals surface area contributed by atoms with Crippen molar-refractivity contribution < 1.29 is 17.7 Å². The predicted molar refractivity (Wildman–Crippen MR) is 75.4 cm³/mol. The van der Waals surface area contributed by atoms with E-state index in [0.29, 0.717) is 17.3 Å². The Bertz CT molecular complexity index is 779. The Hall–Kier alpha value is -1.86. The van der Waals surface area contributed by atoms with Gasteiger partial charge in [0, 0.05) is 18.5 Å². The van der Waals surface area contributed by atoms with E-state index in [1.165, 1.54) is 10.6 Å². The van der Waals surface area contributed by atoms with Crippen LogP contribution in [0.15, 0.2) is 35.1 Å². The molecule has 1 aromatic heterocycles. The summed E-state index contributed by atoms with van der Waals surface area (Å²) in [5.41, 5.74) is 0.148. The van der Waals surface area contributed by atoms with Crippen LogP contribution >= 0.6 is 0 Å². The van der Waals surface area contributed by atoms with Crippen molar-refractivity contribution in [3.8, 4) is 5.75 Å². The van der Waals surface area contributed by atoms with E-state index in [2.05, 4.69) is 0 Å². The van der Waals surface area contributed by atoms with E-state index in [1.54, 1.807) is 24.3 Å². The molecule has 0 aliphatic rings. The molecule has 108 valence electrons. The molecule has 0 unspecified atom stereocenters. The summed E-state index contributed by atoms with van der Waals surface area (Å²) in [6.07, 6.45) is 1.28. The lowest BCUT2D eigenvalue weighted by atomic mass is 10.2. The molecule has 0 atom stereocenters. The van der Waals surface area contributed by atoms with Crippen molar-refractivity contribution in [3.63, 3.8) is 0 Å². The molecule has 7 heteroatoms. The summed E-state index contributed by atoms with van der Waals surface area (Å²) < 4.78 is 28.6. The molecule has 2 aromatic rings. The molecule has 0 aliphatic carbocycles. The third-order valence-corrected chi connectivity index (χ3v) is 3.23. The molecule has 0 radical (unpaired) electrons. The highest BCUT2D eigenvalue weighted by atomic mass is 32.2. The van der Waals surface area contributed by atoms with Crippen molar-refractivity contribution in [2.45, 2.75) is 13.0 Å². The van der Waals surface area contributed by atoms with Crippen LogP contribution in [0.3, 0.4) is 0 Å². The van der Waals surface area contributed by atoms with E-state index in [9.17, 15) is 13.2 Å². The normalized spacial score (nSPS) is 11.7. The first-order valence-electron chi connectivity index (χ1n) is 6.05. The van der Waals surface area contributed by atoms with Crippen molar-refractivity contribution in [1.82, 2.24) is 4.57 Å². The first kappa shape index (κ1) is 14.5. The quantitative estimate of drug-likeness (QED) is 0.822. The fourth-order valence-corrected chi connectivity index (χ4v) is 2.42. The average molecular weight is 297 g/mol. The zero-order valence-electron chi connectivity index (χ0n) is 10.9. The molecule has 20 heavy (non-hydrogen) atoms. The van der Waals surface area contributed by atoms with Crippen molar-refractivity contribution in [2.75, 3.05) is 12.9 Å². The summed E-state index contributed by atoms with van der Waals surface area (Å²) in [4.78, 5) is 12.3. The summed E-state index contributed by atoms with van der Waals surface area (Å²) in [5, 5.41) is 9.60. The fraction of sp³-hybridized carbons (Fsp3) is 0.308. The van der Waals surface area contributed by atoms with Gasteiger partial charge in [0.2, 0.25) is 5.75 Å². The number of rotatable bonds is 5. The monoisotopic (exact) mass is 297 g/mol. The van der Waals surface area contributed by atoms with Gasteiger partial charge in [0.1, 0.15) is 0 Å². The van der Waals surface area contributed by atoms with Gasteiger partial charge in [0.15, 0.2) is 0 Å². The van der Waals surface area contributed by atoms with E-state index in [4.69, 9.17) is 9.29 Å². The summed E-state index contributed by atoms with van der Waals surface area (Å²) in [5.74, 6) is -0.232. The van der Waals surface area contributed by atoms with Gasteiger partial charge < -0.3 is 13.9 Å². The number of aliphatic hydroxyl groups excluding tert-OH is 1. The summed E-state index contributed by atoms with van der Waals surface area (Å²) in [7, 11) is -3.77. The highest BCUT2D eigenvalue weighted by molar-refractivity contribution is 7.86. The van der Waals surface area contributed by atoms with Gasteiger partial charge in [-0.15, -0.1) is 0 Å². The van der Waals surface area contributed by atoms with Gasteiger partial charge in [-0.3, -0.25) is 4.79 Å². The van der Waals surface area contributed by atoms with Crippen LogP contribution in [-0.4, -0.2) is 31.0 Å². The van der Waals surface area contributed by atoms with Gasteiger partial charge in [-0.2, -0.15) is 8.42 Å². The maximum Gasteiger partial charge on any atom is 0.306 e. The number of benzene rings is 1. The Morgan fingerprint density at radius 3 is 2.65 bits per heavy atom. The van der Waals surface area contributed by atoms with Crippen LogP contribution in [0.5, 0.6) is 5.75 Å². The lowest BCUT2D eigenvalue weighted by molar-refractivity contribution is 0.279. The molecular weight excluding hydrogens is 282 g/mol. The van der Waals surface area contributed by atoms with Crippen LogP contribution in [0.4, 0.5) is 0 Å². The van der Waals surface area contributed by atoms with Crippen molar-refractivity contribution in [3.05, 3.63) is 40.7 Å². The van der Waals surface area contributed by atoms with Gasteiger partial charge in [0.05, 0.1) is 11.8 Å². The number of hydrogen-bond donors (Lipinski definition) is 1. The van der Waals surface area contributed by atoms with Crippen LogP contribution in [0.1, 0.15) is 6.42 Å².